The number of benzene rings is 1. The Kier molecular flexibility index (Phi) is 5.83. The van der Waals surface area contributed by atoms with Gasteiger partial charge in [0.1, 0.15) is 12.3 Å². The van der Waals surface area contributed by atoms with Crippen molar-refractivity contribution >= 4 is 5.78 Å². The van der Waals surface area contributed by atoms with Gasteiger partial charge in [0, 0.05) is 17.4 Å². The molecule has 0 unspecified atom stereocenters. The molecule has 0 saturated heterocycles. The largest absolute Gasteiger partial charge is 0.483 e. The number of hydrogen-bond acceptors (Lipinski definition) is 4. The zero-order valence-electron chi connectivity index (χ0n) is 21.1. The van der Waals surface area contributed by atoms with Crippen molar-refractivity contribution in [1.82, 2.24) is 0 Å². The molecule has 0 aliphatic heterocycles. The van der Waals surface area contributed by atoms with Gasteiger partial charge >= 0.3 is 0 Å². The van der Waals surface area contributed by atoms with E-state index in [1.165, 1.54) is 18.2 Å². The van der Waals surface area contributed by atoms with Gasteiger partial charge in [0.15, 0.2) is 17.3 Å². The van der Waals surface area contributed by atoms with Crippen molar-refractivity contribution in [3.63, 3.8) is 0 Å². The average molecular weight is 486 g/mol. The van der Waals surface area contributed by atoms with E-state index in [1.54, 1.807) is 0 Å². The Morgan fingerprint density at radius 2 is 1.86 bits per heavy atom. The molecule has 6 heteroatoms. The monoisotopic (exact) mass is 485 g/mol. The number of fused-ring (bicyclic) bond motifs is 5. The van der Waals surface area contributed by atoms with Gasteiger partial charge in [0.2, 0.25) is 0 Å². The minimum absolute atomic E-state index is 0.0299. The van der Waals surface area contributed by atoms with E-state index in [-0.39, 0.29) is 52.8 Å². The van der Waals surface area contributed by atoms with Crippen molar-refractivity contribution < 1.29 is 23.4 Å². The van der Waals surface area contributed by atoms with E-state index in [9.17, 15) is 14.3 Å². The number of carbonyl (C=O) groups excluding carboxylic acids is 1. The molecule has 0 amide bonds. The predicted molar refractivity (Wildman–Crippen MR) is 128 cm³/mol. The number of nitrogens with zero attached hydrogens (tertiary/aromatic N) is 1. The van der Waals surface area contributed by atoms with Crippen LogP contribution in [0.2, 0.25) is 0 Å². The molecule has 4 nitrogen and oxygen atoms in total. The van der Waals surface area contributed by atoms with Gasteiger partial charge in [-0.25, -0.2) is 8.78 Å². The highest BCUT2D eigenvalue weighted by Crippen LogP contribution is 2.71. The Hall–Kier alpha value is -2.00. The molecule has 35 heavy (non-hydrogen) atoms. The third-order valence-electron chi connectivity index (χ3n) is 10.9. The summed E-state index contributed by atoms with van der Waals surface area (Å²) in [6.45, 7) is 5.97. The molecule has 0 heterocycles. The van der Waals surface area contributed by atoms with Crippen molar-refractivity contribution in [2.45, 2.75) is 89.8 Å². The van der Waals surface area contributed by atoms with Crippen LogP contribution in [0.15, 0.2) is 18.2 Å². The Balaban J connectivity index is 1.33. The van der Waals surface area contributed by atoms with Crippen molar-refractivity contribution in [1.29, 1.82) is 5.26 Å². The molecule has 4 aliphatic carbocycles. The van der Waals surface area contributed by atoms with Gasteiger partial charge in [0.05, 0.1) is 17.2 Å². The highest BCUT2D eigenvalue weighted by Gasteiger charge is 2.68. The maximum absolute atomic E-state index is 16.9. The van der Waals surface area contributed by atoms with Gasteiger partial charge in [-0.15, -0.1) is 0 Å². The number of hydrogen-bond donors (Lipinski definition) is 1. The zero-order valence-corrected chi connectivity index (χ0v) is 21.1. The van der Waals surface area contributed by atoms with Gasteiger partial charge in [-0.2, -0.15) is 5.26 Å². The van der Waals surface area contributed by atoms with Crippen LogP contribution >= 0.6 is 0 Å². The molecule has 8 atom stereocenters. The van der Waals surface area contributed by atoms with E-state index in [0.29, 0.717) is 19.3 Å². The predicted octanol–water partition coefficient (Wildman–Crippen LogP) is 6.15. The number of ether oxygens (including phenoxy) is 1. The van der Waals surface area contributed by atoms with Crippen molar-refractivity contribution in [3.8, 4) is 11.8 Å². The molecule has 1 aromatic carbocycles. The molecule has 0 bridgehead atoms. The van der Waals surface area contributed by atoms with Crippen LogP contribution in [0.25, 0.3) is 0 Å². The Bertz CT molecular complexity index is 1070. The second-order valence-corrected chi connectivity index (χ2v) is 12.6. The van der Waals surface area contributed by atoms with Crippen LogP contribution in [-0.2, 0) is 4.79 Å². The number of alkyl halides is 1. The molecule has 1 aromatic rings. The molecular formula is C29H37F2NO3. The number of rotatable bonds is 4. The lowest BCUT2D eigenvalue weighted by molar-refractivity contribution is -0.211. The SMILES string of the molecule is C[C@@]1(O)CC[C@@]2(F)[C@H](CC[C@H]3[C@@H]4CC[C@H](C(=O)COc5cc(C#N)ccc5F)[C@@]4(C)CC[C@@]32C)C1. The molecule has 190 valence electrons. The summed E-state index contributed by atoms with van der Waals surface area (Å²) >= 11 is 0. The Morgan fingerprint density at radius 3 is 2.60 bits per heavy atom. The molecule has 0 aromatic heterocycles. The lowest BCUT2D eigenvalue weighted by atomic mass is 9.42. The zero-order chi connectivity index (χ0) is 25.2. The van der Waals surface area contributed by atoms with E-state index in [2.05, 4.69) is 13.8 Å². The molecule has 4 aliphatic rings. The minimum atomic E-state index is -1.26. The van der Waals surface area contributed by atoms with Crippen LogP contribution in [0.3, 0.4) is 0 Å². The minimum Gasteiger partial charge on any atom is -0.483 e. The number of nitriles is 1. The third-order valence-corrected chi connectivity index (χ3v) is 10.9. The molecule has 0 spiro atoms. The van der Waals surface area contributed by atoms with Crippen molar-refractivity contribution in [3.05, 3.63) is 29.6 Å². The number of halogens is 2. The summed E-state index contributed by atoms with van der Waals surface area (Å²) in [5.41, 5.74) is -2.38. The standard InChI is InChI=1S/C29H37F2NO3/c1-26(34)10-13-29(31)19(15-26)5-6-21-20-7-8-22(27(20,2)11-12-28(21,29)3)24(33)17-35-25-14-18(16-32)4-9-23(25)30/h4,9,14,19-22,34H,5-8,10-13,15,17H2,1-3H3/t19-,20+,21+,22-,26-,27+,28+,29-/m1/s1. The fraction of sp³-hybridized carbons (Fsp3) is 0.724. The number of Topliss-reactive ketones (excluding diaryl/α,β-unsaturated/α-hetero) is 1. The number of carbonyl (C=O) groups is 1. The Labute approximate surface area is 207 Å². The van der Waals surface area contributed by atoms with E-state index in [4.69, 9.17) is 10.00 Å². The maximum Gasteiger partial charge on any atom is 0.173 e. The first-order valence-corrected chi connectivity index (χ1v) is 13.2. The highest BCUT2D eigenvalue weighted by atomic mass is 19.1. The molecular weight excluding hydrogens is 448 g/mol. The summed E-state index contributed by atoms with van der Waals surface area (Å²) < 4.78 is 36.6. The average Bonchev–Trinajstić information content (AvgIpc) is 3.16. The molecule has 4 fully saturated rings. The Morgan fingerprint density at radius 1 is 1.11 bits per heavy atom. The van der Waals surface area contributed by atoms with Crippen LogP contribution < -0.4 is 4.74 Å². The van der Waals surface area contributed by atoms with Crippen LogP contribution in [0.5, 0.6) is 5.75 Å². The van der Waals surface area contributed by atoms with Gasteiger partial charge in [-0.1, -0.05) is 13.8 Å². The third kappa shape index (κ3) is 3.72. The summed E-state index contributed by atoms with van der Waals surface area (Å²) in [6.07, 6.45) is 6.44. The maximum atomic E-state index is 16.9. The van der Waals surface area contributed by atoms with Crippen LogP contribution in [-0.4, -0.2) is 28.8 Å². The molecule has 1 N–H and O–H groups in total. The first-order valence-electron chi connectivity index (χ1n) is 13.2. The van der Waals surface area contributed by atoms with Crippen molar-refractivity contribution in [2.75, 3.05) is 6.61 Å². The molecule has 5 rings (SSSR count). The molecule has 0 radical (unpaired) electrons. The van der Waals surface area contributed by atoms with Crippen LogP contribution in [0, 0.1) is 51.6 Å². The quantitative estimate of drug-likeness (QED) is 0.556. The summed E-state index contributed by atoms with van der Waals surface area (Å²) in [5, 5.41) is 19.7. The lowest BCUT2D eigenvalue weighted by Gasteiger charge is -2.64. The van der Waals surface area contributed by atoms with Gasteiger partial charge in [-0.05, 0) is 100 Å². The lowest BCUT2D eigenvalue weighted by Crippen LogP contribution is -2.64. The van der Waals surface area contributed by atoms with E-state index < -0.39 is 22.5 Å². The first kappa shape index (κ1) is 24.7. The summed E-state index contributed by atoms with van der Waals surface area (Å²) in [4.78, 5) is 13.3. The fourth-order valence-corrected chi connectivity index (χ4v) is 8.85. The normalized spacial score (nSPS) is 44.5. The highest BCUT2D eigenvalue weighted by molar-refractivity contribution is 5.83. The molecule has 4 saturated carbocycles. The van der Waals surface area contributed by atoms with Crippen LogP contribution in [0.4, 0.5) is 8.78 Å². The second kappa shape index (κ2) is 8.26. The number of ketones is 1. The van der Waals surface area contributed by atoms with Gasteiger partial charge in [-0.3, -0.25) is 4.79 Å². The second-order valence-electron chi connectivity index (χ2n) is 12.6. The first-order chi connectivity index (χ1) is 16.4. The van der Waals surface area contributed by atoms with Gasteiger partial charge in [0.25, 0.3) is 0 Å². The summed E-state index contributed by atoms with van der Waals surface area (Å²) in [6, 6.07) is 5.85. The van der Waals surface area contributed by atoms with E-state index in [1.807, 2.05) is 13.0 Å². The summed E-state index contributed by atoms with van der Waals surface area (Å²) in [7, 11) is 0. The number of aliphatic hydroxyl groups is 1. The topological polar surface area (TPSA) is 70.3 Å². The fourth-order valence-electron chi connectivity index (χ4n) is 8.85. The van der Waals surface area contributed by atoms with Gasteiger partial charge < -0.3 is 9.84 Å². The van der Waals surface area contributed by atoms with E-state index >= 15 is 4.39 Å². The van der Waals surface area contributed by atoms with E-state index in [0.717, 1.165) is 38.5 Å². The summed E-state index contributed by atoms with van der Waals surface area (Å²) in [5.74, 6) is -0.448. The smallest absolute Gasteiger partial charge is 0.173 e. The van der Waals surface area contributed by atoms with Crippen LogP contribution in [0.1, 0.15) is 84.1 Å². The van der Waals surface area contributed by atoms with Crippen molar-refractivity contribution in [2.24, 2.45) is 34.5 Å².